The van der Waals surface area contributed by atoms with Gasteiger partial charge in [-0.1, -0.05) is 6.07 Å². The molecular formula is C23H20FN5O. The van der Waals surface area contributed by atoms with Crippen LogP contribution in [0.2, 0.25) is 0 Å². The van der Waals surface area contributed by atoms with Crippen molar-refractivity contribution in [2.24, 2.45) is 0 Å². The summed E-state index contributed by atoms with van der Waals surface area (Å²) < 4.78 is 15.4. The number of likely N-dealkylation sites (tertiary alicyclic amines) is 1. The van der Waals surface area contributed by atoms with Gasteiger partial charge in [-0.25, -0.2) is 9.37 Å². The fourth-order valence-corrected chi connectivity index (χ4v) is 3.74. The second-order valence-electron chi connectivity index (χ2n) is 7.42. The maximum Gasteiger partial charge on any atom is 0.256 e. The molecule has 0 saturated carbocycles. The molecule has 1 aliphatic rings. The molecule has 0 bridgehead atoms. The van der Waals surface area contributed by atoms with Crippen LogP contribution in [0, 0.1) is 11.3 Å². The third-order valence-electron chi connectivity index (χ3n) is 5.40. The van der Waals surface area contributed by atoms with E-state index in [0.717, 1.165) is 11.1 Å². The molecule has 1 fully saturated rings. The second-order valence-corrected chi connectivity index (χ2v) is 7.42. The number of pyridine rings is 3. The molecule has 1 amide bonds. The lowest BCUT2D eigenvalue weighted by molar-refractivity contribution is 0.0437. The van der Waals surface area contributed by atoms with Crippen LogP contribution in [0.5, 0.6) is 0 Å². The van der Waals surface area contributed by atoms with Gasteiger partial charge in [-0.2, -0.15) is 5.26 Å². The first-order valence-electron chi connectivity index (χ1n) is 9.77. The van der Waals surface area contributed by atoms with Gasteiger partial charge in [-0.05, 0) is 48.7 Å². The zero-order chi connectivity index (χ0) is 21.0. The third kappa shape index (κ3) is 4.18. The van der Waals surface area contributed by atoms with Crippen LogP contribution < -0.4 is 0 Å². The highest BCUT2D eigenvalue weighted by atomic mass is 19.1. The van der Waals surface area contributed by atoms with E-state index in [1.807, 2.05) is 18.2 Å². The highest BCUT2D eigenvalue weighted by Gasteiger charge is 2.36. The van der Waals surface area contributed by atoms with Crippen molar-refractivity contribution in [1.82, 2.24) is 19.9 Å². The van der Waals surface area contributed by atoms with E-state index in [1.54, 1.807) is 54.0 Å². The minimum absolute atomic E-state index is 0.142. The van der Waals surface area contributed by atoms with Crippen molar-refractivity contribution >= 4 is 5.91 Å². The summed E-state index contributed by atoms with van der Waals surface area (Å²) in [6.45, 7) is 0.674. The van der Waals surface area contributed by atoms with E-state index in [0.29, 0.717) is 30.0 Å². The molecule has 0 aromatic carbocycles. The summed E-state index contributed by atoms with van der Waals surface area (Å²) in [5.41, 5.74) is 1.60. The van der Waals surface area contributed by atoms with Crippen LogP contribution in [0.3, 0.4) is 0 Å². The Labute approximate surface area is 174 Å². The van der Waals surface area contributed by atoms with Gasteiger partial charge in [-0.15, -0.1) is 0 Å². The number of halogens is 1. The number of hydrogen-bond acceptors (Lipinski definition) is 5. The zero-order valence-electron chi connectivity index (χ0n) is 16.3. The second kappa shape index (κ2) is 8.37. The molecule has 0 spiro atoms. The van der Waals surface area contributed by atoms with Crippen LogP contribution in [-0.2, 0) is 6.42 Å². The topological polar surface area (TPSA) is 82.8 Å². The van der Waals surface area contributed by atoms with Gasteiger partial charge in [-0.3, -0.25) is 14.8 Å². The molecule has 150 valence electrons. The average molecular weight is 401 g/mol. The molecule has 4 heterocycles. The Hall–Kier alpha value is -3.66. The van der Waals surface area contributed by atoms with E-state index in [2.05, 4.69) is 15.0 Å². The SMILES string of the molecule is N#Cc1ccc(CC2(F)CCN(C(=O)c3cccnc3-c3ccncc3)CC2)cn1. The Kier molecular flexibility index (Phi) is 5.48. The van der Waals surface area contributed by atoms with E-state index in [4.69, 9.17) is 5.26 Å². The molecule has 4 rings (SSSR count). The van der Waals surface area contributed by atoms with Crippen molar-refractivity contribution in [2.45, 2.75) is 24.9 Å². The van der Waals surface area contributed by atoms with E-state index >= 15 is 4.39 Å². The number of carbonyl (C=O) groups is 1. The maximum absolute atomic E-state index is 15.4. The predicted molar refractivity (Wildman–Crippen MR) is 109 cm³/mol. The summed E-state index contributed by atoms with van der Waals surface area (Å²) in [4.78, 5) is 27.2. The van der Waals surface area contributed by atoms with E-state index in [9.17, 15) is 4.79 Å². The molecular weight excluding hydrogens is 381 g/mol. The number of nitrogens with zero attached hydrogens (tertiary/aromatic N) is 5. The van der Waals surface area contributed by atoms with Crippen molar-refractivity contribution in [3.8, 4) is 17.3 Å². The van der Waals surface area contributed by atoms with Crippen molar-refractivity contribution in [1.29, 1.82) is 5.26 Å². The molecule has 0 atom stereocenters. The number of amides is 1. The van der Waals surface area contributed by atoms with Crippen LogP contribution >= 0.6 is 0 Å². The summed E-state index contributed by atoms with van der Waals surface area (Å²) in [6.07, 6.45) is 7.26. The van der Waals surface area contributed by atoms with Crippen molar-refractivity contribution in [2.75, 3.05) is 13.1 Å². The highest BCUT2D eigenvalue weighted by Crippen LogP contribution is 2.32. The van der Waals surface area contributed by atoms with Crippen LogP contribution in [0.15, 0.2) is 61.2 Å². The summed E-state index contributed by atoms with van der Waals surface area (Å²) in [6, 6.07) is 12.4. The number of hydrogen-bond donors (Lipinski definition) is 0. The Morgan fingerprint density at radius 3 is 2.53 bits per heavy atom. The lowest BCUT2D eigenvalue weighted by Gasteiger charge is -2.36. The van der Waals surface area contributed by atoms with Crippen molar-refractivity contribution in [3.63, 3.8) is 0 Å². The number of carbonyl (C=O) groups excluding carboxylic acids is 1. The highest BCUT2D eigenvalue weighted by molar-refractivity contribution is 5.99. The van der Waals surface area contributed by atoms with Gasteiger partial charge >= 0.3 is 0 Å². The number of piperidine rings is 1. The quantitative estimate of drug-likeness (QED) is 0.667. The van der Waals surface area contributed by atoms with Crippen molar-refractivity contribution in [3.05, 3.63) is 78.0 Å². The molecule has 1 saturated heterocycles. The molecule has 3 aromatic heterocycles. The summed E-state index contributed by atoms with van der Waals surface area (Å²) in [5, 5.41) is 8.84. The number of nitriles is 1. The third-order valence-corrected chi connectivity index (χ3v) is 5.40. The van der Waals surface area contributed by atoms with E-state index in [-0.39, 0.29) is 25.2 Å². The van der Waals surface area contributed by atoms with Gasteiger partial charge in [0, 0.05) is 49.9 Å². The van der Waals surface area contributed by atoms with Gasteiger partial charge in [0.2, 0.25) is 0 Å². The largest absolute Gasteiger partial charge is 0.338 e. The van der Waals surface area contributed by atoms with Crippen molar-refractivity contribution < 1.29 is 9.18 Å². The van der Waals surface area contributed by atoms with E-state index in [1.165, 1.54) is 0 Å². The van der Waals surface area contributed by atoms with Gasteiger partial charge in [0.05, 0.1) is 11.3 Å². The summed E-state index contributed by atoms with van der Waals surface area (Å²) in [7, 11) is 0. The minimum Gasteiger partial charge on any atom is -0.338 e. The molecule has 1 aliphatic heterocycles. The lowest BCUT2D eigenvalue weighted by atomic mass is 9.87. The Morgan fingerprint density at radius 1 is 1.10 bits per heavy atom. The average Bonchev–Trinajstić information content (AvgIpc) is 2.80. The first-order valence-corrected chi connectivity index (χ1v) is 9.77. The standard InChI is InChI=1S/C23H20FN5O/c24-23(14-17-3-4-19(15-25)28-16-17)7-12-29(13-8-23)22(30)20-2-1-9-27-21(20)18-5-10-26-11-6-18/h1-6,9-11,16H,7-8,12-14H2. The molecule has 0 aliphatic carbocycles. The van der Waals surface area contributed by atoms with Crippen LogP contribution in [0.4, 0.5) is 4.39 Å². The van der Waals surface area contributed by atoms with Crippen LogP contribution in [-0.4, -0.2) is 44.5 Å². The summed E-state index contributed by atoms with van der Waals surface area (Å²) in [5.74, 6) is -0.142. The maximum atomic E-state index is 15.4. The molecule has 7 heteroatoms. The van der Waals surface area contributed by atoms with Crippen LogP contribution in [0.25, 0.3) is 11.3 Å². The molecule has 0 radical (unpaired) electrons. The number of alkyl halides is 1. The zero-order valence-corrected chi connectivity index (χ0v) is 16.3. The lowest BCUT2D eigenvalue weighted by Crippen LogP contribution is -2.45. The Balaban J connectivity index is 1.45. The predicted octanol–water partition coefficient (Wildman–Crippen LogP) is 3.60. The molecule has 0 N–H and O–H groups in total. The number of rotatable bonds is 4. The normalized spacial score (nSPS) is 15.4. The van der Waals surface area contributed by atoms with E-state index < -0.39 is 5.67 Å². The van der Waals surface area contributed by atoms with Gasteiger partial charge in [0.1, 0.15) is 17.4 Å². The number of aromatic nitrogens is 3. The fraction of sp³-hybridized carbons (Fsp3) is 0.261. The summed E-state index contributed by atoms with van der Waals surface area (Å²) >= 11 is 0. The first kappa shape index (κ1) is 19.6. The minimum atomic E-state index is -1.39. The first-order chi connectivity index (χ1) is 14.6. The smallest absolute Gasteiger partial charge is 0.256 e. The van der Waals surface area contributed by atoms with Gasteiger partial charge < -0.3 is 4.90 Å². The fourth-order valence-electron chi connectivity index (χ4n) is 3.74. The molecule has 3 aromatic rings. The Morgan fingerprint density at radius 2 is 1.87 bits per heavy atom. The molecule has 0 unspecified atom stereocenters. The van der Waals surface area contributed by atoms with Crippen LogP contribution in [0.1, 0.15) is 34.5 Å². The van der Waals surface area contributed by atoms with Gasteiger partial charge in [0.25, 0.3) is 5.91 Å². The molecule has 30 heavy (non-hydrogen) atoms. The Bertz CT molecular complexity index is 1070. The molecule has 6 nitrogen and oxygen atoms in total. The van der Waals surface area contributed by atoms with Gasteiger partial charge in [0.15, 0.2) is 0 Å². The monoisotopic (exact) mass is 401 g/mol.